The summed E-state index contributed by atoms with van der Waals surface area (Å²) in [4.78, 5) is 22.2. The number of esters is 2. The zero-order chi connectivity index (χ0) is 13.4. The first-order valence-electron chi connectivity index (χ1n) is 5.33. The summed E-state index contributed by atoms with van der Waals surface area (Å²) in [7, 11) is 0. The minimum Gasteiger partial charge on any atom is -0.460 e. The zero-order valence-corrected chi connectivity index (χ0v) is 9.74. The molecule has 5 heteroatoms. The molecule has 0 aliphatic carbocycles. The van der Waals surface area contributed by atoms with Crippen LogP contribution in [0.2, 0.25) is 0 Å². The molecule has 1 rings (SSSR count). The lowest BCUT2D eigenvalue weighted by Crippen LogP contribution is -2.25. The number of carbonyl (C=O) groups is 2. The Balaban J connectivity index is 2.30. The largest absolute Gasteiger partial charge is 0.460 e. The average molecular weight is 250 g/mol. The number of hydrogen-bond acceptors (Lipinski definition) is 5. The molecule has 0 spiro atoms. The SMILES string of the molecule is C=CC(=O)OCC(O)COC(=O)c1ccccc1. The normalized spacial score (nSPS) is 11.4. The Morgan fingerprint density at radius 2 is 1.83 bits per heavy atom. The van der Waals surface area contributed by atoms with Gasteiger partial charge in [0.2, 0.25) is 0 Å². The molecule has 0 radical (unpaired) electrons. The van der Waals surface area contributed by atoms with Gasteiger partial charge in [0.15, 0.2) is 0 Å². The number of rotatable bonds is 6. The summed E-state index contributed by atoms with van der Waals surface area (Å²) in [6.07, 6.45) is -0.0653. The number of aliphatic hydroxyl groups is 1. The first kappa shape index (κ1) is 13.9. The highest BCUT2D eigenvalue weighted by Gasteiger charge is 2.11. The number of hydrogen-bond donors (Lipinski definition) is 1. The van der Waals surface area contributed by atoms with Gasteiger partial charge in [-0.25, -0.2) is 9.59 Å². The van der Waals surface area contributed by atoms with Crippen molar-refractivity contribution in [1.82, 2.24) is 0 Å². The van der Waals surface area contributed by atoms with Gasteiger partial charge in [0, 0.05) is 6.08 Å². The van der Waals surface area contributed by atoms with Crippen molar-refractivity contribution in [1.29, 1.82) is 0 Å². The standard InChI is InChI=1S/C13H14O5/c1-2-12(15)17-8-11(14)9-18-13(16)10-6-4-3-5-7-10/h2-7,11,14H,1,8-9H2. The fraction of sp³-hybridized carbons (Fsp3) is 0.231. The van der Waals surface area contributed by atoms with E-state index in [1.807, 2.05) is 0 Å². The molecule has 1 aromatic carbocycles. The Kier molecular flexibility index (Phi) is 5.60. The van der Waals surface area contributed by atoms with Crippen LogP contribution in [0, 0.1) is 0 Å². The second kappa shape index (κ2) is 7.24. The van der Waals surface area contributed by atoms with Crippen molar-refractivity contribution in [2.75, 3.05) is 13.2 Å². The van der Waals surface area contributed by atoms with Crippen molar-refractivity contribution < 1.29 is 24.2 Å². The van der Waals surface area contributed by atoms with Gasteiger partial charge >= 0.3 is 11.9 Å². The summed E-state index contributed by atoms with van der Waals surface area (Å²) in [5.74, 6) is -1.17. The highest BCUT2D eigenvalue weighted by atomic mass is 16.6. The van der Waals surface area contributed by atoms with Crippen LogP contribution in [0.1, 0.15) is 10.4 Å². The first-order chi connectivity index (χ1) is 8.63. The third kappa shape index (κ3) is 4.80. The zero-order valence-electron chi connectivity index (χ0n) is 9.74. The van der Waals surface area contributed by atoms with E-state index in [4.69, 9.17) is 4.74 Å². The Morgan fingerprint density at radius 1 is 1.22 bits per heavy atom. The molecule has 0 aliphatic rings. The fourth-order valence-corrected chi connectivity index (χ4v) is 1.11. The van der Waals surface area contributed by atoms with Crippen LogP contribution in [0.3, 0.4) is 0 Å². The Morgan fingerprint density at radius 3 is 2.44 bits per heavy atom. The van der Waals surface area contributed by atoms with E-state index < -0.39 is 18.0 Å². The monoisotopic (exact) mass is 250 g/mol. The molecule has 0 heterocycles. The van der Waals surface area contributed by atoms with Crippen LogP contribution in [-0.4, -0.2) is 36.4 Å². The second-order valence-corrected chi connectivity index (χ2v) is 3.45. The molecule has 0 saturated carbocycles. The van der Waals surface area contributed by atoms with Crippen molar-refractivity contribution in [3.05, 3.63) is 48.6 Å². The van der Waals surface area contributed by atoms with E-state index in [0.29, 0.717) is 5.56 Å². The van der Waals surface area contributed by atoms with Crippen LogP contribution < -0.4 is 0 Å². The molecule has 0 amide bonds. The van der Waals surface area contributed by atoms with Gasteiger partial charge in [0.1, 0.15) is 19.3 Å². The van der Waals surface area contributed by atoms with Crippen molar-refractivity contribution in [3.8, 4) is 0 Å². The molecule has 0 bridgehead atoms. The Bertz CT molecular complexity index is 413. The lowest BCUT2D eigenvalue weighted by Gasteiger charge is -2.11. The number of carbonyl (C=O) groups excluding carboxylic acids is 2. The maximum Gasteiger partial charge on any atom is 0.338 e. The topological polar surface area (TPSA) is 72.8 Å². The fourth-order valence-electron chi connectivity index (χ4n) is 1.11. The van der Waals surface area contributed by atoms with Crippen molar-refractivity contribution in [3.63, 3.8) is 0 Å². The number of benzene rings is 1. The average Bonchev–Trinajstić information content (AvgIpc) is 2.42. The van der Waals surface area contributed by atoms with Crippen LogP contribution in [0.25, 0.3) is 0 Å². The van der Waals surface area contributed by atoms with Crippen molar-refractivity contribution in [2.45, 2.75) is 6.10 Å². The molecule has 1 N–H and O–H groups in total. The maximum atomic E-state index is 11.5. The molecule has 1 unspecified atom stereocenters. The van der Waals surface area contributed by atoms with Gasteiger partial charge in [-0.2, -0.15) is 0 Å². The highest BCUT2D eigenvalue weighted by molar-refractivity contribution is 5.89. The van der Waals surface area contributed by atoms with E-state index in [-0.39, 0.29) is 13.2 Å². The predicted octanol–water partition coefficient (Wildman–Crippen LogP) is 0.933. The van der Waals surface area contributed by atoms with Gasteiger partial charge in [-0.3, -0.25) is 0 Å². The van der Waals surface area contributed by atoms with E-state index in [9.17, 15) is 14.7 Å². The molecule has 0 saturated heterocycles. The first-order valence-corrected chi connectivity index (χ1v) is 5.33. The molecule has 18 heavy (non-hydrogen) atoms. The van der Waals surface area contributed by atoms with E-state index in [2.05, 4.69) is 11.3 Å². The summed E-state index contributed by atoms with van der Waals surface area (Å²) in [6, 6.07) is 8.40. The molecule has 5 nitrogen and oxygen atoms in total. The quantitative estimate of drug-likeness (QED) is 0.600. The van der Waals surface area contributed by atoms with Crippen LogP contribution in [-0.2, 0) is 14.3 Å². The third-order valence-corrected chi connectivity index (χ3v) is 2.00. The summed E-state index contributed by atoms with van der Waals surface area (Å²) in [5.41, 5.74) is 0.396. The molecule has 0 aliphatic heterocycles. The van der Waals surface area contributed by atoms with E-state index in [1.165, 1.54) is 0 Å². The lowest BCUT2D eigenvalue weighted by molar-refractivity contribution is -0.141. The maximum absolute atomic E-state index is 11.5. The molecule has 96 valence electrons. The molecule has 1 atom stereocenters. The number of aliphatic hydroxyl groups excluding tert-OH is 1. The van der Waals surface area contributed by atoms with E-state index >= 15 is 0 Å². The smallest absolute Gasteiger partial charge is 0.338 e. The molecule has 1 aromatic rings. The van der Waals surface area contributed by atoms with Gasteiger partial charge in [-0.1, -0.05) is 24.8 Å². The van der Waals surface area contributed by atoms with Crippen LogP contribution in [0.15, 0.2) is 43.0 Å². The van der Waals surface area contributed by atoms with Gasteiger partial charge < -0.3 is 14.6 Å². The second-order valence-electron chi connectivity index (χ2n) is 3.45. The summed E-state index contributed by atoms with van der Waals surface area (Å²) >= 11 is 0. The lowest BCUT2D eigenvalue weighted by atomic mass is 10.2. The highest BCUT2D eigenvalue weighted by Crippen LogP contribution is 2.01. The van der Waals surface area contributed by atoms with Gasteiger partial charge in [0.05, 0.1) is 5.56 Å². The van der Waals surface area contributed by atoms with Crippen LogP contribution >= 0.6 is 0 Å². The van der Waals surface area contributed by atoms with Crippen molar-refractivity contribution >= 4 is 11.9 Å². The molecular formula is C13H14O5. The summed E-state index contributed by atoms with van der Waals surface area (Å²) in [6.45, 7) is 2.73. The third-order valence-electron chi connectivity index (χ3n) is 2.00. The molecule has 0 fully saturated rings. The van der Waals surface area contributed by atoms with Gasteiger partial charge in [0.25, 0.3) is 0 Å². The number of ether oxygens (including phenoxy) is 2. The Labute approximate surface area is 105 Å². The summed E-state index contributed by atoms with van der Waals surface area (Å²) < 4.78 is 9.44. The minimum absolute atomic E-state index is 0.238. The van der Waals surface area contributed by atoms with Gasteiger partial charge in [-0.15, -0.1) is 0 Å². The predicted molar refractivity (Wildman–Crippen MR) is 63.9 cm³/mol. The van der Waals surface area contributed by atoms with E-state index in [0.717, 1.165) is 6.08 Å². The minimum atomic E-state index is -1.05. The van der Waals surface area contributed by atoms with E-state index in [1.54, 1.807) is 30.3 Å². The molecule has 0 aromatic heterocycles. The van der Waals surface area contributed by atoms with Crippen LogP contribution in [0.4, 0.5) is 0 Å². The Hall–Kier alpha value is -2.14. The summed E-state index contributed by atoms with van der Waals surface area (Å²) in [5, 5.41) is 9.40. The molecular weight excluding hydrogens is 236 g/mol. The van der Waals surface area contributed by atoms with Gasteiger partial charge in [-0.05, 0) is 12.1 Å². The van der Waals surface area contributed by atoms with Crippen LogP contribution in [0.5, 0.6) is 0 Å². The van der Waals surface area contributed by atoms with Crippen molar-refractivity contribution in [2.24, 2.45) is 0 Å².